The van der Waals surface area contributed by atoms with Gasteiger partial charge in [0.1, 0.15) is 0 Å². The third-order valence-electron chi connectivity index (χ3n) is 0.597. The fourth-order valence-corrected chi connectivity index (χ4v) is 2.69. The van der Waals surface area contributed by atoms with Crippen molar-refractivity contribution in [2.75, 3.05) is 0 Å². The third kappa shape index (κ3) is 2.43. The zero-order valence-electron chi connectivity index (χ0n) is 4.22. The molecule has 1 heterocycles. The molecule has 0 aliphatic carbocycles. The van der Waals surface area contributed by atoms with Gasteiger partial charge < -0.3 is 0 Å². The Balaban J connectivity index is 2.77. The second kappa shape index (κ2) is 3.37. The maximum absolute atomic E-state index is 5.55. The van der Waals surface area contributed by atoms with E-state index in [9.17, 15) is 0 Å². The highest BCUT2D eigenvalue weighted by Gasteiger charge is 2.31. The minimum atomic E-state index is -1.54. The predicted octanol–water partition coefficient (Wildman–Crippen LogP) is 3.29. The molecule has 1 atom stereocenters. The third-order valence-corrected chi connectivity index (χ3v) is 3.32. The lowest BCUT2D eigenvalue weighted by Gasteiger charge is -2.04. The highest BCUT2D eigenvalue weighted by molar-refractivity contribution is 8.78. The van der Waals surface area contributed by atoms with Crippen molar-refractivity contribution in [3.8, 4) is 0 Å². The first-order chi connectivity index (χ1) is 4.50. The number of rotatable bonds is 0. The van der Waals surface area contributed by atoms with Crippen molar-refractivity contribution < 1.29 is 0 Å². The van der Waals surface area contributed by atoms with Gasteiger partial charge in [-0.15, -0.1) is 0 Å². The number of halogens is 4. The van der Waals surface area contributed by atoms with Crippen LogP contribution >= 0.6 is 56.5 Å². The van der Waals surface area contributed by atoms with Crippen LogP contribution in [-0.4, -0.2) is 9.63 Å². The largest absolute Gasteiger partial charge is 0.251 e. The fourth-order valence-electron chi connectivity index (χ4n) is 0.271. The van der Waals surface area contributed by atoms with E-state index in [1.54, 1.807) is 0 Å². The maximum Gasteiger partial charge on any atom is 0.251 e. The van der Waals surface area contributed by atoms with E-state index in [2.05, 4.69) is 8.76 Å². The van der Waals surface area contributed by atoms with Crippen molar-refractivity contribution >= 4 is 71.2 Å². The van der Waals surface area contributed by atoms with E-state index >= 15 is 0 Å². The molecule has 0 amide bonds. The summed E-state index contributed by atoms with van der Waals surface area (Å²) in [6, 6.07) is 0. The zero-order chi connectivity index (χ0) is 7.78. The fraction of sp³-hybridized carbons (Fsp3) is 0.500. The van der Waals surface area contributed by atoms with Gasteiger partial charge in [0.05, 0.1) is 19.9 Å². The monoisotopic (exact) mass is 256 g/mol. The molecule has 1 aliphatic rings. The molecule has 0 saturated carbocycles. The van der Waals surface area contributed by atoms with Gasteiger partial charge in [0.2, 0.25) is 0 Å². The quantitative estimate of drug-likeness (QED) is 0.371. The van der Waals surface area contributed by atoms with E-state index < -0.39 is 12.7 Å². The Morgan fingerprint density at radius 3 is 2.20 bits per heavy atom. The molecule has 0 aromatic carbocycles. The number of hydrogen-bond donors (Lipinski definition) is 0. The summed E-state index contributed by atoms with van der Waals surface area (Å²) in [6.07, 6.45) is 0. The first-order valence-corrected chi connectivity index (χ1v) is 6.38. The van der Waals surface area contributed by atoms with Crippen LogP contribution < -0.4 is 0 Å². The number of hydrogen-bond acceptors (Lipinski definition) is 3. The Morgan fingerprint density at radius 1 is 1.40 bits per heavy atom. The molecule has 58 valence electrons. The van der Waals surface area contributed by atoms with Crippen LogP contribution in [0.25, 0.3) is 0 Å². The minimum absolute atomic E-state index is 0.167. The molecule has 0 saturated heterocycles. The lowest BCUT2D eigenvalue weighted by atomic mass is 10.7. The van der Waals surface area contributed by atoms with Crippen molar-refractivity contribution in [3.05, 3.63) is 0 Å². The summed E-state index contributed by atoms with van der Waals surface area (Å²) in [7, 11) is 5.95. The van der Waals surface area contributed by atoms with Gasteiger partial charge in [0.25, 0.3) is 3.79 Å². The molecule has 10 heavy (non-hydrogen) atoms. The Hall–Kier alpha value is 1.33. The maximum atomic E-state index is 5.55. The SMILES string of the molecule is ClS1=NC(C(Cl)(Cl)Cl)=NS1. The molecule has 0 radical (unpaired) electrons. The van der Waals surface area contributed by atoms with Gasteiger partial charge in [-0.1, -0.05) is 34.8 Å². The molecule has 0 bridgehead atoms. The average molecular weight is 258 g/mol. The van der Waals surface area contributed by atoms with Gasteiger partial charge in [0.15, 0.2) is 5.84 Å². The smallest absolute Gasteiger partial charge is 0.182 e. The Kier molecular flexibility index (Phi) is 3.18. The molecule has 0 aromatic rings. The highest BCUT2D eigenvalue weighted by atomic mass is 35.7. The first kappa shape index (κ1) is 9.42. The van der Waals surface area contributed by atoms with Crippen LogP contribution in [0.15, 0.2) is 8.76 Å². The highest BCUT2D eigenvalue weighted by Crippen LogP contribution is 2.35. The van der Waals surface area contributed by atoms with Crippen molar-refractivity contribution in [2.45, 2.75) is 3.79 Å². The van der Waals surface area contributed by atoms with E-state index in [1.165, 1.54) is 0 Å². The molecular weight excluding hydrogens is 258 g/mol. The Bertz CT molecular complexity index is 206. The van der Waals surface area contributed by atoms with E-state index in [4.69, 9.17) is 45.5 Å². The second-order valence-corrected chi connectivity index (χ2v) is 7.31. The molecule has 2 nitrogen and oxygen atoms in total. The van der Waals surface area contributed by atoms with E-state index in [1.807, 2.05) is 0 Å². The Morgan fingerprint density at radius 2 is 2.00 bits per heavy atom. The zero-order valence-corrected chi connectivity index (χ0v) is 8.88. The summed E-state index contributed by atoms with van der Waals surface area (Å²) in [5, 5.41) is 0. The Labute approximate surface area is 83.4 Å². The summed E-state index contributed by atoms with van der Waals surface area (Å²) < 4.78 is 5.97. The summed E-state index contributed by atoms with van der Waals surface area (Å²) in [5.41, 5.74) is 0. The van der Waals surface area contributed by atoms with E-state index in [-0.39, 0.29) is 5.84 Å². The average Bonchev–Trinajstić information content (AvgIpc) is 2.11. The second-order valence-electron chi connectivity index (χ2n) is 1.29. The lowest BCUT2D eigenvalue weighted by Crippen LogP contribution is -2.14. The van der Waals surface area contributed by atoms with Crippen LogP contribution in [0.5, 0.6) is 0 Å². The topological polar surface area (TPSA) is 24.7 Å². The normalized spacial score (nSPS) is 26.0. The van der Waals surface area contributed by atoms with Crippen molar-refractivity contribution in [2.24, 2.45) is 8.76 Å². The van der Waals surface area contributed by atoms with Crippen molar-refractivity contribution in [3.63, 3.8) is 0 Å². The molecule has 0 fully saturated rings. The number of nitrogens with zero attached hydrogens (tertiary/aromatic N) is 2. The lowest BCUT2D eigenvalue weighted by molar-refractivity contribution is 1.48. The number of amidine groups is 1. The van der Waals surface area contributed by atoms with Gasteiger partial charge in [-0.05, 0) is 10.7 Å². The molecule has 1 aliphatic heterocycles. The van der Waals surface area contributed by atoms with Crippen molar-refractivity contribution in [1.82, 2.24) is 0 Å². The van der Waals surface area contributed by atoms with Crippen molar-refractivity contribution in [1.29, 1.82) is 0 Å². The summed E-state index contributed by atoms with van der Waals surface area (Å²) in [4.78, 5) is 0. The van der Waals surface area contributed by atoms with Crippen LogP contribution in [-0.2, 0) is 8.94 Å². The number of alkyl halides is 3. The van der Waals surface area contributed by atoms with Crippen LogP contribution in [0.2, 0.25) is 0 Å². The molecule has 0 N–H and O–H groups in total. The van der Waals surface area contributed by atoms with E-state index in [0.717, 1.165) is 11.0 Å². The van der Waals surface area contributed by atoms with Crippen LogP contribution in [0.1, 0.15) is 0 Å². The van der Waals surface area contributed by atoms with Crippen LogP contribution in [0.4, 0.5) is 0 Å². The summed E-state index contributed by atoms with van der Waals surface area (Å²) in [6.45, 7) is 0. The molecule has 8 heteroatoms. The van der Waals surface area contributed by atoms with E-state index in [0.29, 0.717) is 0 Å². The first-order valence-electron chi connectivity index (χ1n) is 1.95. The molecule has 0 spiro atoms. The van der Waals surface area contributed by atoms with Crippen LogP contribution in [0, 0.1) is 0 Å². The molecular formula is C2Cl4N2S2. The van der Waals surface area contributed by atoms with Gasteiger partial charge in [-0.3, -0.25) is 0 Å². The molecule has 1 unspecified atom stereocenters. The van der Waals surface area contributed by atoms with Crippen LogP contribution in [0.3, 0.4) is 0 Å². The summed E-state index contributed by atoms with van der Waals surface area (Å²) >= 11 is 16.3. The standard InChI is InChI=1S/C2Cl4N2S2/c3-2(4,5)1-7-9-10(6)8-1. The predicted molar refractivity (Wildman–Crippen MR) is 51.0 cm³/mol. The van der Waals surface area contributed by atoms with Gasteiger partial charge >= 0.3 is 0 Å². The summed E-state index contributed by atoms with van der Waals surface area (Å²) in [5.74, 6) is 0.167. The van der Waals surface area contributed by atoms with Gasteiger partial charge in [0, 0.05) is 0 Å². The molecule has 1 rings (SSSR count). The van der Waals surface area contributed by atoms with Gasteiger partial charge in [-0.2, -0.15) is 8.76 Å². The molecule has 0 aromatic heterocycles. The minimum Gasteiger partial charge on any atom is -0.182 e. The van der Waals surface area contributed by atoms with Gasteiger partial charge in [-0.25, -0.2) is 0 Å².